The molecule has 9 heteroatoms. The molecule has 0 radical (unpaired) electrons. The van der Waals surface area contributed by atoms with Crippen molar-refractivity contribution in [1.82, 2.24) is 4.72 Å². The predicted molar refractivity (Wildman–Crippen MR) is 107 cm³/mol. The second-order valence-corrected chi connectivity index (χ2v) is 9.17. The average Bonchev–Trinajstić information content (AvgIpc) is 2.65. The minimum atomic E-state index is -4.36. The Morgan fingerprint density at radius 3 is 2.23 bits per heavy atom. The third-order valence-electron chi connectivity index (χ3n) is 3.74. The van der Waals surface area contributed by atoms with Crippen molar-refractivity contribution in [2.45, 2.75) is 43.7 Å². The van der Waals surface area contributed by atoms with Crippen LogP contribution in [0.5, 0.6) is 0 Å². The van der Waals surface area contributed by atoms with Crippen LogP contribution in [0.15, 0.2) is 59.5 Å². The van der Waals surface area contributed by atoms with E-state index in [1.54, 1.807) is 51.1 Å². The Balaban J connectivity index is 2.19. The van der Waals surface area contributed by atoms with Gasteiger partial charge < -0.3 is 9.47 Å². The minimum Gasteiger partial charge on any atom is -0.457 e. The van der Waals surface area contributed by atoms with E-state index in [1.807, 2.05) is 0 Å². The quantitative estimate of drug-likeness (QED) is 0.638. The largest absolute Gasteiger partial charge is 0.457 e. The van der Waals surface area contributed by atoms with Gasteiger partial charge in [-0.2, -0.15) is 4.72 Å². The Morgan fingerprint density at radius 2 is 1.63 bits per heavy atom. The number of rotatable bonds is 8. The highest BCUT2D eigenvalue weighted by Crippen LogP contribution is 2.15. The lowest BCUT2D eigenvalue weighted by Gasteiger charge is -2.21. The van der Waals surface area contributed by atoms with Gasteiger partial charge in [-0.25, -0.2) is 17.6 Å². The normalized spacial score (nSPS) is 12.8. The van der Waals surface area contributed by atoms with Gasteiger partial charge in [0, 0.05) is 0 Å². The number of hydrogen-bond acceptors (Lipinski definition) is 6. The molecule has 0 spiro atoms. The lowest BCUT2D eigenvalue weighted by molar-refractivity contribution is -0.167. The van der Waals surface area contributed by atoms with Crippen LogP contribution in [0.1, 0.15) is 26.3 Å². The number of ether oxygens (including phenoxy) is 2. The van der Waals surface area contributed by atoms with Crippen molar-refractivity contribution >= 4 is 22.0 Å². The maximum atomic E-state index is 14.0. The van der Waals surface area contributed by atoms with E-state index >= 15 is 0 Å². The summed E-state index contributed by atoms with van der Waals surface area (Å²) in [6.45, 7) is 4.30. The summed E-state index contributed by atoms with van der Waals surface area (Å²) in [6.07, 6.45) is -0.0539. The van der Waals surface area contributed by atoms with Crippen molar-refractivity contribution in [3.63, 3.8) is 0 Å². The van der Waals surface area contributed by atoms with E-state index in [1.165, 1.54) is 12.1 Å². The maximum absolute atomic E-state index is 14.0. The number of esters is 2. The second kappa shape index (κ2) is 9.82. The van der Waals surface area contributed by atoms with Gasteiger partial charge in [0.2, 0.25) is 10.0 Å². The molecule has 0 saturated heterocycles. The fourth-order valence-electron chi connectivity index (χ4n) is 2.54. The molecule has 0 bridgehead atoms. The molecule has 1 atom stereocenters. The third kappa shape index (κ3) is 7.23. The fourth-order valence-corrected chi connectivity index (χ4v) is 3.80. The average molecular weight is 437 g/mol. The van der Waals surface area contributed by atoms with Gasteiger partial charge >= 0.3 is 11.9 Å². The smallest absolute Gasteiger partial charge is 0.344 e. The zero-order valence-corrected chi connectivity index (χ0v) is 17.7. The van der Waals surface area contributed by atoms with E-state index in [9.17, 15) is 22.4 Å². The van der Waals surface area contributed by atoms with Crippen LogP contribution in [0.2, 0.25) is 0 Å². The zero-order chi connectivity index (χ0) is 22.4. The number of sulfonamides is 1. The standard InChI is InChI=1S/C21H24FNO6S/c1-21(2,3)29-19(24)14-28-20(25)17(13-15-9-5-4-6-10-15)23-30(26,27)18-12-8-7-11-16(18)22/h4-12,17,23H,13-14H2,1-3H3/t17-/m0/s1. The van der Waals surface area contributed by atoms with Crippen LogP contribution in [-0.2, 0) is 35.5 Å². The van der Waals surface area contributed by atoms with Crippen LogP contribution in [0.25, 0.3) is 0 Å². The molecular formula is C21H24FNO6S. The molecule has 2 rings (SSSR count). The first kappa shape index (κ1) is 23.5. The Hall–Kier alpha value is -2.78. The summed E-state index contributed by atoms with van der Waals surface area (Å²) in [4.78, 5) is 23.8. The molecule has 7 nitrogen and oxygen atoms in total. The van der Waals surface area contributed by atoms with E-state index < -0.39 is 50.9 Å². The van der Waals surface area contributed by atoms with Gasteiger partial charge in [-0.1, -0.05) is 42.5 Å². The Kier molecular flexibility index (Phi) is 7.69. The molecule has 30 heavy (non-hydrogen) atoms. The Labute approximate surface area is 175 Å². The van der Waals surface area contributed by atoms with Crippen LogP contribution >= 0.6 is 0 Å². The third-order valence-corrected chi connectivity index (χ3v) is 5.25. The minimum absolute atomic E-state index is 0.0539. The number of benzene rings is 2. The monoisotopic (exact) mass is 437 g/mol. The first-order valence-electron chi connectivity index (χ1n) is 9.17. The topological polar surface area (TPSA) is 98.8 Å². The number of nitrogens with one attached hydrogen (secondary N) is 1. The summed E-state index contributed by atoms with van der Waals surface area (Å²) in [7, 11) is -4.36. The van der Waals surface area contributed by atoms with Crippen LogP contribution in [0, 0.1) is 5.82 Å². The zero-order valence-electron chi connectivity index (χ0n) is 16.9. The molecule has 0 saturated carbocycles. The van der Waals surface area contributed by atoms with Gasteiger partial charge in [0.25, 0.3) is 0 Å². The predicted octanol–water partition coefficient (Wildman–Crippen LogP) is 2.60. The Morgan fingerprint density at radius 1 is 1.03 bits per heavy atom. The molecule has 0 aliphatic heterocycles. The number of halogens is 1. The summed E-state index contributed by atoms with van der Waals surface area (Å²) in [5, 5.41) is 0. The second-order valence-electron chi connectivity index (χ2n) is 7.49. The van der Waals surface area contributed by atoms with E-state index in [2.05, 4.69) is 4.72 Å². The molecule has 0 unspecified atom stereocenters. The van der Waals surface area contributed by atoms with Crippen LogP contribution in [0.4, 0.5) is 4.39 Å². The van der Waals surface area contributed by atoms with Gasteiger partial charge in [0.05, 0.1) is 0 Å². The maximum Gasteiger partial charge on any atom is 0.344 e. The molecule has 0 aliphatic rings. The highest BCUT2D eigenvalue weighted by Gasteiger charge is 2.30. The van der Waals surface area contributed by atoms with Crippen molar-refractivity contribution in [2.75, 3.05) is 6.61 Å². The van der Waals surface area contributed by atoms with E-state index in [-0.39, 0.29) is 6.42 Å². The summed E-state index contributed by atoms with van der Waals surface area (Å²) in [5.41, 5.74) is -0.118. The molecule has 2 aromatic rings. The lowest BCUT2D eigenvalue weighted by atomic mass is 10.1. The summed E-state index contributed by atoms with van der Waals surface area (Å²) < 4.78 is 51.5. The van der Waals surface area contributed by atoms with E-state index in [4.69, 9.17) is 9.47 Å². The first-order chi connectivity index (χ1) is 14.0. The summed E-state index contributed by atoms with van der Waals surface area (Å²) in [6, 6.07) is 12.0. The van der Waals surface area contributed by atoms with Gasteiger partial charge in [-0.05, 0) is 44.9 Å². The summed E-state index contributed by atoms with van der Waals surface area (Å²) >= 11 is 0. The van der Waals surface area contributed by atoms with Crippen LogP contribution < -0.4 is 4.72 Å². The Bertz CT molecular complexity index is 986. The molecule has 1 N–H and O–H groups in total. The molecule has 0 aromatic heterocycles. The van der Waals surface area contributed by atoms with E-state index in [0.717, 1.165) is 12.1 Å². The molecule has 0 aliphatic carbocycles. The van der Waals surface area contributed by atoms with Crippen molar-refractivity contribution in [3.05, 3.63) is 66.0 Å². The molecule has 2 aromatic carbocycles. The molecule has 0 fully saturated rings. The van der Waals surface area contributed by atoms with Crippen molar-refractivity contribution < 1.29 is 31.9 Å². The van der Waals surface area contributed by atoms with Crippen LogP contribution in [-0.4, -0.2) is 38.6 Å². The van der Waals surface area contributed by atoms with Crippen molar-refractivity contribution in [2.24, 2.45) is 0 Å². The highest BCUT2D eigenvalue weighted by molar-refractivity contribution is 7.89. The van der Waals surface area contributed by atoms with Gasteiger partial charge in [-0.15, -0.1) is 0 Å². The first-order valence-corrected chi connectivity index (χ1v) is 10.7. The number of carbonyl (C=O) groups excluding carboxylic acids is 2. The molecular weight excluding hydrogens is 413 g/mol. The van der Waals surface area contributed by atoms with Gasteiger partial charge in [0.1, 0.15) is 22.4 Å². The lowest BCUT2D eigenvalue weighted by Crippen LogP contribution is -2.44. The highest BCUT2D eigenvalue weighted by atomic mass is 32.2. The van der Waals surface area contributed by atoms with Crippen molar-refractivity contribution in [1.29, 1.82) is 0 Å². The van der Waals surface area contributed by atoms with Crippen LogP contribution in [0.3, 0.4) is 0 Å². The SMILES string of the molecule is CC(C)(C)OC(=O)COC(=O)[C@H](Cc1ccccc1)NS(=O)(=O)c1ccccc1F. The van der Waals surface area contributed by atoms with Crippen molar-refractivity contribution in [3.8, 4) is 0 Å². The van der Waals surface area contributed by atoms with Gasteiger partial charge in [0.15, 0.2) is 6.61 Å². The van der Waals surface area contributed by atoms with E-state index in [0.29, 0.717) is 5.56 Å². The summed E-state index contributed by atoms with van der Waals surface area (Å²) in [5.74, 6) is -2.71. The fraction of sp³-hybridized carbons (Fsp3) is 0.333. The molecule has 0 heterocycles. The number of hydrogen-bond donors (Lipinski definition) is 1. The number of carbonyl (C=O) groups is 2. The van der Waals surface area contributed by atoms with Gasteiger partial charge in [-0.3, -0.25) is 4.79 Å². The molecule has 162 valence electrons. The molecule has 0 amide bonds.